The molecule has 0 heterocycles. The number of carbonyl (C=O) groups excluding carboxylic acids is 2. The highest BCUT2D eigenvalue weighted by Crippen LogP contribution is 2.28. The molecular weight excluding hydrogens is 442 g/mol. The molecule has 2 rings (SSSR count). The standard InChI is InChI=1S/C20H22BrN3O3S/c1-12(2)14-7-8-17(16(21)10-14)27-11-18(25)23-24-20(28)22-19(26)15-6-4-5-13(3)9-15/h4-10,12H,11H2,1-3H3,(H,23,25)(H2,22,24,26,28). The molecule has 2 amide bonds. The van der Waals surface area contributed by atoms with E-state index < -0.39 is 5.91 Å². The Balaban J connectivity index is 1.77. The van der Waals surface area contributed by atoms with Crippen LogP contribution in [0.4, 0.5) is 0 Å². The molecule has 3 N–H and O–H groups in total. The summed E-state index contributed by atoms with van der Waals surface area (Å²) in [6, 6.07) is 12.8. The lowest BCUT2D eigenvalue weighted by atomic mass is 10.0. The third-order valence-electron chi connectivity index (χ3n) is 3.80. The molecule has 28 heavy (non-hydrogen) atoms. The quantitative estimate of drug-likeness (QED) is 0.466. The first-order chi connectivity index (χ1) is 13.3. The fourth-order valence-electron chi connectivity index (χ4n) is 2.29. The van der Waals surface area contributed by atoms with Gasteiger partial charge in [-0.3, -0.25) is 25.8 Å². The first kappa shape index (κ1) is 21.8. The minimum atomic E-state index is -0.438. The van der Waals surface area contributed by atoms with Gasteiger partial charge in [-0.15, -0.1) is 0 Å². The molecule has 0 radical (unpaired) electrons. The molecule has 8 heteroatoms. The van der Waals surface area contributed by atoms with Gasteiger partial charge in [0.25, 0.3) is 11.8 Å². The third-order valence-corrected chi connectivity index (χ3v) is 4.63. The van der Waals surface area contributed by atoms with Crippen molar-refractivity contribution in [2.24, 2.45) is 0 Å². The van der Waals surface area contributed by atoms with Crippen LogP contribution in [0.15, 0.2) is 46.9 Å². The highest BCUT2D eigenvalue weighted by Gasteiger charge is 2.10. The van der Waals surface area contributed by atoms with Crippen molar-refractivity contribution in [2.75, 3.05) is 6.61 Å². The number of nitrogens with one attached hydrogen (secondary N) is 3. The van der Waals surface area contributed by atoms with E-state index in [-0.39, 0.29) is 17.6 Å². The van der Waals surface area contributed by atoms with Gasteiger partial charge in [0.05, 0.1) is 4.47 Å². The average molecular weight is 464 g/mol. The van der Waals surface area contributed by atoms with Crippen molar-refractivity contribution in [3.05, 3.63) is 63.6 Å². The van der Waals surface area contributed by atoms with E-state index in [0.29, 0.717) is 17.2 Å². The van der Waals surface area contributed by atoms with Crippen molar-refractivity contribution in [1.29, 1.82) is 0 Å². The predicted molar refractivity (Wildman–Crippen MR) is 116 cm³/mol. The minimum absolute atomic E-state index is 0.0117. The maximum Gasteiger partial charge on any atom is 0.276 e. The highest BCUT2D eigenvalue weighted by molar-refractivity contribution is 9.10. The number of carbonyl (C=O) groups is 2. The second kappa shape index (κ2) is 10.2. The van der Waals surface area contributed by atoms with Gasteiger partial charge < -0.3 is 4.74 Å². The largest absolute Gasteiger partial charge is 0.483 e. The van der Waals surface area contributed by atoms with Crippen molar-refractivity contribution in [1.82, 2.24) is 16.2 Å². The lowest BCUT2D eigenvalue weighted by molar-refractivity contribution is -0.123. The summed E-state index contributed by atoms with van der Waals surface area (Å²) in [5.74, 6) is 0.164. The molecule has 0 aromatic heterocycles. The van der Waals surface area contributed by atoms with Crippen LogP contribution in [0.2, 0.25) is 0 Å². The van der Waals surface area contributed by atoms with Crippen molar-refractivity contribution >= 4 is 45.1 Å². The summed E-state index contributed by atoms with van der Waals surface area (Å²) < 4.78 is 6.28. The number of halogens is 1. The molecule has 0 saturated heterocycles. The summed E-state index contributed by atoms with van der Waals surface area (Å²) in [5.41, 5.74) is 7.48. The minimum Gasteiger partial charge on any atom is -0.483 e. The molecule has 0 saturated carbocycles. The van der Waals surface area contributed by atoms with Crippen LogP contribution in [0.3, 0.4) is 0 Å². The molecule has 0 atom stereocenters. The second-order valence-electron chi connectivity index (χ2n) is 6.46. The molecule has 0 aliphatic rings. The number of hydrazine groups is 1. The number of hydrogen-bond acceptors (Lipinski definition) is 4. The van der Waals surface area contributed by atoms with Gasteiger partial charge in [-0.25, -0.2) is 0 Å². The van der Waals surface area contributed by atoms with Crippen LogP contribution in [-0.4, -0.2) is 23.5 Å². The number of rotatable bonds is 5. The number of thiocarbonyl (C=S) groups is 1. The molecule has 0 aliphatic carbocycles. The Hall–Kier alpha value is -2.45. The van der Waals surface area contributed by atoms with Gasteiger partial charge in [0, 0.05) is 5.56 Å². The van der Waals surface area contributed by atoms with E-state index in [9.17, 15) is 9.59 Å². The monoisotopic (exact) mass is 463 g/mol. The topological polar surface area (TPSA) is 79.5 Å². The van der Waals surface area contributed by atoms with Crippen LogP contribution in [0.1, 0.15) is 41.3 Å². The first-order valence-electron chi connectivity index (χ1n) is 8.65. The van der Waals surface area contributed by atoms with Crippen LogP contribution in [0.5, 0.6) is 5.75 Å². The SMILES string of the molecule is Cc1cccc(C(=O)NC(=S)NNC(=O)COc2ccc(C(C)C)cc2Br)c1. The molecule has 0 aliphatic heterocycles. The van der Waals surface area contributed by atoms with E-state index in [4.69, 9.17) is 17.0 Å². The summed E-state index contributed by atoms with van der Waals surface area (Å²) in [7, 11) is 0. The molecule has 2 aromatic rings. The molecule has 6 nitrogen and oxygen atoms in total. The Morgan fingerprint density at radius 2 is 1.89 bits per heavy atom. The lowest BCUT2D eigenvalue weighted by Crippen LogP contribution is -2.49. The zero-order valence-corrected chi connectivity index (χ0v) is 18.2. The lowest BCUT2D eigenvalue weighted by Gasteiger charge is -2.13. The second-order valence-corrected chi connectivity index (χ2v) is 7.72. The Labute approximate surface area is 178 Å². The van der Waals surface area contributed by atoms with Gasteiger partial charge in [0.15, 0.2) is 11.7 Å². The van der Waals surface area contributed by atoms with Gasteiger partial charge in [0.1, 0.15) is 5.75 Å². The molecule has 0 bridgehead atoms. The number of benzene rings is 2. The smallest absolute Gasteiger partial charge is 0.276 e. The Morgan fingerprint density at radius 3 is 2.54 bits per heavy atom. The number of aryl methyl sites for hydroxylation is 1. The van der Waals surface area contributed by atoms with Gasteiger partial charge >= 0.3 is 0 Å². The van der Waals surface area contributed by atoms with Crippen LogP contribution in [0, 0.1) is 6.92 Å². The summed E-state index contributed by atoms with van der Waals surface area (Å²) in [5, 5.41) is 2.49. The highest BCUT2D eigenvalue weighted by atomic mass is 79.9. The molecule has 0 unspecified atom stereocenters. The van der Waals surface area contributed by atoms with Crippen molar-refractivity contribution in [3.63, 3.8) is 0 Å². The number of ether oxygens (including phenoxy) is 1. The van der Waals surface area contributed by atoms with E-state index in [1.165, 1.54) is 5.56 Å². The van der Waals surface area contributed by atoms with Gasteiger partial charge in [-0.2, -0.15) is 0 Å². The van der Waals surface area contributed by atoms with Crippen LogP contribution >= 0.6 is 28.1 Å². The van der Waals surface area contributed by atoms with Crippen LogP contribution < -0.4 is 20.9 Å². The van der Waals surface area contributed by atoms with E-state index in [1.807, 2.05) is 31.2 Å². The fourth-order valence-corrected chi connectivity index (χ4v) is 2.95. The third kappa shape index (κ3) is 6.61. The van der Waals surface area contributed by atoms with Crippen molar-refractivity contribution in [2.45, 2.75) is 26.7 Å². The summed E-state index contributed by atoms with van der Waals surface area (Å²) in [6.45, 7) is 5.88. The normalized spacial score (nSPS) is 10.3. The van der Waals surface area contributed by atoms with E-state index in [2.05, 4.69) is 45.9 Å². The van der Waals surface area contributed by atoms with Crippen LogP contribution in [0.25, 0.3) is 0 Å². The average Bonchev–Trinajstić information content (AvgIpc) is 2.65. The first-order valence-corrected chi connectivity index (χ1v) is 9.85. The zero-order valence-electron chi connectivity index (χ0n) is 15.8. The molecular formula is C20H22BrN3O3S. The Kier molecular flexibility index (Phi) is 7.95. The van der Waals surface area contributed by atoms with Crippen LogP contribution in [-0.2, 0) is 4.79 Å². The van der Waals surface area contributed by atoms with Gasteiger partial charge in [-0.05, 0) is 70.8 Å². The van der Waals surface area contributed by atoms with E-state index in [0.717, 1.165) is 10.0 Å². The maximum atomic E-state index is 12.1. The fraction of sp³-hybridized carbons (Fsp3) is 0.250. The zero-order chi connectivity index (χ0) is 20.7. The molecule has 148 valence electrons. The molecule has 0 spiro atoms. The van der Waals surface area contributed by atoms with E-state index in [1.54, 1.807) is 18.2 Å². The van der Waals surface area contributed by atoms with Crippen molar-refractivity contribution < 1.29 is 14.3 Å². The molecule has 2 aromatic carbocycles. The molecule has 0 fully saturated rings. The summed E-state index contributed by atoms with van der Waals surface area (Å²) in [4.78, 5) is 24.0. The van der Waals surface area contributed by atoms with Crippen molar-refractivity contribution in [3.8, 4) is 5.75 Å². The van der Waals surface area contributed by atoms with Gasteiger partial charge in [0.2, 0.25) is 0 Å². The summed E-state index contributed by atoms with van der Waals surface area (Å²) >= 11 is 8.45. The Bertz CT molecular complexity index is 887. The van der Waals surface area contributed by atoms with E-state index >= 15 is 0 Å². The number of hydrogen-bond donors (Lipinski definition) is 3. The summed E-state index contributed by atoms with van der Waals surface area (Å²) in [6.07, 6.45) is 0. The maximum absolute atomic E-state index is 12.1. The van der Waals surface area contributed by atoms with Gasteiger partial charge in [-0.1, -0.05) is 37.6 Å². The Morgan fingerprint density at radius 1 is 1.14 bits per heavy atom. The number of amides is 2. The predicted octanol–water partition coefficient (Wildman–Crippen LogP) is 3.60.